The standard InChI is InChI=1S/C13H15N3O4/c1-8(2)10(7-14)15-13(17)9-5-4-6-11(16(18)19)12(9)20-3/h4-6,8,10H,1-3H3,(H,15,17). The van der Waals surface area contributed by atoms with Crippen molar-refractivity contribution < 1.29 is 14.5 Å². The highest BCUT2D eigenvalue weighted by Gasteiger charge is 2.24. The van der Waals surface area contributed by atoms with Crippen LogP contribution in [-0.4, -0.2) is 24.0 Å². The SMILES string of the molecule is COc1c(C(=O)NC(C#N)C(C)C)cccc1[N+](=O)[O-]. The first-order valence-corrected chi connectivity index (χ1v) is 5.94. The Morgan fingerprint density at radius 1 is 1.50 bits per heavy atom. The maximum atomic E-state index is 12.1. The van der Waals surface area contributed by atoms with Crippen LogP contribution in [0.1, 0.15) is 24.2 Å². The number of nitriles is 1. The molecule has 1 aromatic carbocycles. The van der Waals surface area contributed by atoms with E-state index in [0.717, 1.165) is 0 Å². The number of amides is 1. The van der Waals surface area contributed by atoms with E-state index in [-0.39, 0.29) is 22.9 Å². The van der Waals surface area contributed by atoms with Gasteiger partial charge in [0, 0.05) is 6.07 Å². The summed E-state index contributed by atoms with van der Waals surface area (Å²) >= 11 is 0. The molecule has 0 radical (unpaired) electrons. The molecule has 1 aromatic rings. The van der Waals surface area contributed by atoms with Gasteiger partial charge in [-0.25, -0.2) is 0 Å². The maximum absolute atomic E-state index is 12.1. The van der Waals surface area contributed by atoms with Crippen molar-refractivity contribution in [3.8, 4) is 11.8 Å². The molecule has 1 rings (SSSR count). The van der Waals surface area contributed by atoms with Gasteiger partial charge in [-0.3, -0.25) is 14.9 Å². The van der Waals surface area contributed by atoms with Gasteiger partial charge in [-0.1, -0.05) is 19.9 Å². The monoisotopic (exact) mass is 277 g/mol. The molecule has 1 unspecified atom stereocenters. The predicted molar refractivity (Wildman–Crippen MR) is 71.4 cm³/mol. The first-order valence-electron chi connectivity index (χ1n) is 5.94. The smallest absolute Gasteiger partial charge is 0.311 e. The molecule has 1 amide bonds. The summed E-state index contributed by atoms with van der Waals surface area (Å²) in [7, 11) is 1.25. The zero-order valence-corrected chi connectivity index (χ0v) is 11.4. The normalized spacial score (nSPS) is 11.6. The van der Waals surface area contributed by atoms with Crippen molar-refractivity contribution in [1.29, 1.82) is 5.26 Å². The number of benzene rings is 1. The van der Waals surface area contributed by atoms with Gasteiger partial charge < -0.3 is 10.1 Å². The highest BCUT2D eigenvalue weighted by atomic mass is 16.6. The van der Waals surface area contributed by atoms with Crippen LogP contribution in [0, 0.1) is 27.4 Å². The molecule has 0 saturated carbocycles. The summed E-state index contributed by atoms with van der Waals surface area (Å²) in [4.78, 5) is 22.4. The van der Waals surface area contributed by atoms with Gasteiger partial charge in [0.05, 0.1) is 23.7 Å². The average Bonchev–Trinajstić information content (AvgIpc) is 2.42. The number of para-hydroxylation sites is 1. The third kappa shape index (κ3) is 3.23. The van der Waals surface area contributed by atoms with Gasteiger partial charge in [0.15, 0.2) is 0 Å². The minimum atomic E-state index is -0.675. The van der Waals surface area contributed by atoms with Crippen molar-refractivity contribution in [1.82, 2.24) is 5.32 Å². The van der Waals surface area contributed by atoms with Crippen molar-refractivity contribution in [2.75, 3.05) is 7.11 Å². The molecule has 0 heterocycles. The van der Waals surface area contributed by atoms with Gasteiger partial charge in [-0.15, -0.1) is 0 Å². The highest BCUT2D eigenvalue weighted by Crippen LogP contribution is 2.30. The van der Waals surface area contributed by atoms with E-state index in [0.29, 0.717) is 0 Å². The molecule has 0 aliphatic heterocycles. The number of carbonyl (C=O) groups excluding carboxylic acids is 1. The first kappa shape index (κ1) is 15.4. The van der Waals surface area contributed by atoms with Crippen molar-refractivity contribution in [3.63, 3.8) is 0 Å². The number of methoxy groups -OCH3 is 1. The van der Waals surface area contributed by atoms with Gasteiger partial charge in [0.25, 0.3) is 5.91 Å². The molecule has 1 N–H and O–H groups in total. The maximum Gasteiger partial charge on any atom is 0.311 e. The summed E-state index contributed by atoms with van der Waals surface area (Å²) in [6.45, 7) is 3.58. The zero-order chi connectivity index (χ0) is 15.3. The fourth-order valence-electron chi connectivity index (χ4n) is 1.63. The molecule has 1 atom stereocenters. The minimum absolute atomic E-state index is 0.0302. The number of nitro benzene ring substituents is 1. The molecular weight excluding hydrogens is 262 g/mol. The van der Waals surface area contributed by atoms with Gasteiger partial charge in [0.2, 0.25) is 5.75 Å². The topological polar surface area (TPSA) is 105 Å². The number of hydrogen-bond donors (Lipinski definition) is 1. The lowest BCUT2D eigenvalue weighted by molar-refractivity contribution is -0.385. The van der Waals surface area contributed by atoms with Gasteiger partial charge in [-0.05, 0) is 12.0 Å². The van der Waals surface area contributed by atoms with Crippen LogP contribution in [-0.2, 0) is 0 Å². The lowest BCUT2D eigenvalue weighted by Gasteiger charge is -2.16. The predicted octanol–water partition coefficient (Wildman–Crippen LogP) is 1.88. The molecule has 7 heteroatoms. The van der Waals surface area contributed by atoms with Gasteiger partial charge >= 0.3 is 5.69 Å². The van der Waals surface area contributed by atoms with Crippen molar-refractivity contribution in [3.05, 3.63) is 33.9 Å². The van der Waals surface area contributed by atoms with Crippen LogP contribution in [0.25, 0.3) is 0 Å². The Morgan fingerprint density at radius 3 is 2.60 bits per heavy atom. The number of rotatable bonds is 5. The second-order valence-corrected chi connectivity index (χ2v) is 4.44. The van der Waals surface area contributed by atoms with E-state index in [9.17, 15) is 14.9 Å². The molecule has 106 valence electrons. The van der Waals surface area contributed by atoms with Crippen LogP contribution in [0.3, 0.4) is 0 Å². The van der Waals surface area contributed by atoms with Crippen LogP contribution in [0.4, 0.5) is 5.69 Å². The number of nitro groups is 1. The molecule has 7 nitrogen and oxygen atoms in total. The third-order valence-corrected chi connectivity index (χ3v) is 2.73. The fraction of sp³-hybridized carbons (Fsp3) is 0.385. The van der Waals surface area contributed by atoms with Crippen molar-refractivity contribution in [2.45, 2.75) is 19.9 Å². The molecule has 0 aliphatic carbocycles. The molecule has 0 spiro atoms. The summed E-state index contributed by atoms with van der Waals surface area (Å²) in [5.74, 6) is -0.769. The zero-order valence-electron chi connectivity index (χ0n) is 11.4. The van der Waals surface area contributed by atoms with E-state index in [1.54, 1.807) is 13.8 Å². The average molecular weight is 277 g/mol. The number of carbonyl (C=O) groups is 1. The summed E-state index contributed by atoms with van der Waals surface area (Å²) in [5, 5.41) is 22.4. The van der Waals surface area contributed by atoms with E-state index in [1.807, 2.05) is 6.07 Å². The number of nitrogens with one attached hydrogen (secondary N) is 1. The van der Waals surface area contributed by atoms with E-state index in [2.05, 4.69) is 5.32 Å². The number of hydrogen-bond acceptors (Lipinski definition) is 5. The van der Waals surface area contributed by atoms with Gasteiger partial charge in [0.1, 0.15) is 6.04 Å². The Kier molecular flexibility index (Phi) is 5.03. The van der Waals surface area contributed by atoms with Crippen LogP contribution >= 0.6 is 0 Å². The van der Waals surface area contributed by atoms with E-state index >= 15 is 0 Å². The highest BCUT2D eigenvalue weighted by molar-refractivity contribution is 5.98. The summed E-state index contributed by atoms with van der Waals surface area (Å²) in [6, 6.07) is 5.35. The fourth-order valence-corrected chi connectivity index (χ4v) is 1.63. The largest absolute Gasteiger partial charge is 0.490 e. The van der Waals surface area contributed by atoms with Crippen molar-refractivity contribution >= 4 is 11.6 Å². The van der Waals surface area contributed by atoms with Crippen molar-refractivity contribution in [2.24, 2.45) is 5.92 Å². The van der Waals surface area contributed by atoms with E-state index < -0.39 is 16.9 Å². The lowest BCUT2D eigenvalue weighted by Crippen LogP contribution is -2.37. The molecule has 20 heavy (non-hydrogen) atoms. The molecule has 0 bridgehead atoms. The quantitative estimate of drug-likeness (QED) is 0.653. The Hall–Kier alpha value is -2.62. The van der Waals surface area contributed by atoms with Crippen LogP contribution in [0.5, 0.6) is 5.75 Å². The minimum Gasteiger partial charge on any atom is -0.490 e. The van der Waals surface area contributed by atoms with Crippen LogP contribution in [0.2, 0.25) is 0 Å². The Labute approximate surface area is 116 Å². The summed E-state index contributed by atoms with van der Waals surface area (Å²) in [6.07, 6.45) is 0. The molecule has 0 saturated heterocycles. The summed E-state index contributed by atoms with van der Waals surface area (Å²) in [5.41, 5.74) is -0.263. The second kappa shape index (κ2) is 6.52. The Morgan fingerprint density at radius 2 is 2.15 bits per heavy atom. The van der Waals surface area contributed by atoms with Crippen LogP contribution < -0.4 is 10.1 Å². The molecular formula is C13H15N3O4. The van der Waals surface area contributed by atoms with E-state index in [1.165, 1.54) is 25.3 Å². The third-order valence-electron chi connectivity index (χ3n) is 2.73. The number of ether oxygens (including phenoxy) is 1. The second-order valence-electron chi connectivity index (χ2n) is 4.44. The summed E-state index contributed by atoms with van der Waals surface area (Å²) < 4.78 is 4.95. The molecule has 0 aliphatic rings. The Balaban J connectivity index is 3.14. The molecule has 0 aromatic heterocycles. The molecule has 0 fully saturated rings. The first-order chi connectivity index (χ1) is 9.42. The van der Waals surface area contributed by atoms with Crippen LogP contribution in [0.15, 0.2) is 18.2 Å². The Bertz CT molecular complexity index is 563. The number of nitrogens with zero attached hydrogens (tertiary/aromatic N) is 2. The van der Waals surface area contributed by atoms with Gasteiger partial charge in [-0.2, -0.15) is 5.26 Å². The lowest BCUT2D eigenvalue weighted by atomic mass is 10.0. The van der Waals surface area contributed by atoms with E-state index in [4.69, 9.17) is 10.00 Å².